The number of hydrogen-bond donors (Lipinski definition) is 2. The maximum absolute atomic E-state index is 10.0. The molecule has 0 aliphatic heterocycles. The lowest BCUT2D eigenvalue weighted by atomic mass is 9.95. The molecule has 0 saturated carbocycles. The molecular formula is C12H18ClNO. The molecule has 0 heterocycles. The van der Waals surface area contributed by atoms with Crippen LogP contribution in [-0.4, -0.2) is 5.11 Å². The minimum absolute atomic E-state index is 0.152. The molecule has 1 rings (SSSR count). The van der Waals surface area contributed by atoms with Gasteiger partial charge in [0.05, 0.1) is 0 Å². The Bertz CT molecular complexity index is 350. The van der Waals surface area contributed by atoms with Crippen LogP contribution in [0, 0.1) is 0 Å². The molecule has 0 aliphatic carbocycles. The van der Waals surface area contributed by atoms with Crippen molar-refractivity contribution in [3.05, 3.63) is 28.3 Å². The molecule has 3 N–H and O–H groups in total. The highest BCUT2D eigenvalue weighted by atomic mass is 35.5. The molecule has 0 aliphatic rings. The highest BCUT2D eigenvalue weighted by Gasteiger charge is 2.15. The molecule has 1 aromatic rings. The number of phenols is 1. The van der Waals surface area contributed by atoms with Crippen LogP contribution < -0.4 is 5.73 Å². The molecule has 0 amide bonds. The Morgan fingerprint density at radius 2 is 1.87 bits per heavy atom. The third kappa shape index (κ3) is 2.64. The topological polar surface area (TPSA) is 46.2 Å². The lowest BCUT2D eigenvalue weighted by Gasteiger charge is -2.17. The summed E-state index contributed by atoms with van der Waals surface area (Å²) in [6, 6.07) is 3.39. The zero-order valence-corrected chi connectivity index (χ0v) is 10.2. The maximum atomic E-state index is 10.0. The summed E-state index contributed by atoms with van der Waals surface area (Å²) in [6.07, 6.45) is 0.783. The molecule has 0 bridgehead atoms. The SMILES string of the molecule is CCC(N)c1cc(Cl)cc(C(C)C)c1O. The predicted molar refractivity (Wildman–Crippen MR) is 64.4 cm³/mol. The van der Waals surface area contributed by atoms with Gasteiger partial charge in [0.25, 0.3) is 0 Å². The van der Waals surface area contributed by atoms with Gasteiger partial charge in [0, 0.05) is 16.6 Å². The third-order valence-corrected chi connectivity index (χ3v) is 2.81. The zero-order chi connectivity index (χ0) is 11.6. The van der Waals surface area contributed by atoms with Gasteiger partial charge in [-0.25, -0.2) is 0 Å². The number of phenolic OH excluding ortho intramolecular Hbond substituents is 1. The summed E-state index contributed by atoms with van der Waals surface area (Å²) in [5.41, 5.74) is 7.52. The summed E-state index contributed by atoms with van der Waals surface area (Å²) in [5.74, 6) is 0.537. The Hall–Kier alpha value is -0.730. The first kappa shape index (κ1) is 12.3. The molecule has 84 valence electrons. The molecule has 0 spiro atoms. The first-order valence-corrected chi connectivity index (χ1v) is 5.63. The number of rotatable bonds is 3. The molecule has 0 saturated heterocycles. The van der Waals surface area contributed by atoms with Crippen molar-refractivity contribution in [3.63, 3.8) is 0 Å². The molecule has 0 radical (unpaired) electrons. The smallest absolute Gasteiger partial charge is 0.123 e. The van der Waals surface area contributed by atoms with Crippen LogP contribution in [0.15, 0.2) is 12.1 Å². The third-order valence-electron chi connectivity index (χ3n) is 2.59. The van der Waals surface area contributed by atoms with E-state index >= 15 is 0 Å². The van der Waals surface area contributed by atoms with Crippen LogP contribution in [0.4, 0.5) is 0 Å². The largest absolute Gasteiger partial charge is 0.507 e. The highest BCUT2D eigenvalue weighted by molar-refractivity contribution is 6.30. The van der Waals surface area contributed by atoms with Crippen molar-refractivity contribution >= 4 is 11.6 Å². The minimum atomic E-state index is -0.152. The number of nitrogens with two attached hydrogens (primary N) is 1. The first-order valence-electron chi connectivity index (χ1n) is 5.25. The standard InChI is InChI=1S/C12H18ClNO/c1-4-11(14)10-6-8(13)5-9(7(2)3)12(10)15/h5-7,11,15H,4,14H2,1-3H3. The molecule has 1 aromatic carbocycles. The first-order chi connectivity index (χ1) is 6.97. The Morgan fingerprint density at radius 3 is 2.33 bits per heavy atom. The maximum Gasteiger partial charge on any atom is 0.123 e. The Morgan fingerprint density at radius 1 is 1.33 bits per heavy atom. The molecule has 2 nitrogen and oxygen atoms in total. The van der Waals surface area contributed by atoms with Crippen LogP contribution in [0.25, 0.3) is 0 Å². The van der Waals surface area contributed by atoms with Crippen molar-refractivity contribution in [2.75, 3.05) is 0 Å². The summed E-state index contributed by atoms with van der Waals surface area (Å²) < 4.78 is 0. The monoisotopic (exact) mass is 227 g/mol. The lowest BCUT2D eigenvalue weighted by molar-refractivity contribution is 0.450. The molecule has 15 heavy (non-hydrogen) atoms. The fraction of sp³-hybridized carbons (Fsp3) is 0.500. The van der Waals surface area contributed by atoms with E-state index in [1.807, 2.05) is 20.8 Å². The quantitative estimate of drug-likeness (QED) is 0.829. The Labute approximate surface area is 96.1 Å². The second kappa shape index (κ2) is 4.86. The van der Waals surface area contributed by atoms with Crippen LogP contribution in [-0.2, 0) is 0 Å². The van der Waals surface area contributed by atoms with Gasteiger partial charge in [-0.2, -0.15) is 0 Å². The van der Waals surface area contributed by atoms with E-state index in [2.05, 4.69) is 0 Å². The lowest BCUT2D eigenvalue weighted by Crippen LogP contribution is -2.09. The van der Waals surface area contributed by atoms with Crippen molar-refractivity contribution in [3.8, 4) is 5.75 Å². The van der Waals surface area contributed by atoms with Crippen LogP contribution >= 0.6 is 11.6 Å². The average molecular weight is 228 g/mol. The van der Waals surface area contributed by atoms with E-state index in [0.29, 0.717) is 10.8 Å². The second-order valence-corrected chi connectivity index (χ2v) is 4.54. The predicted octanol–water partition coefficient (Wildman–Crippen LogP) is 3.58. The van der Waals surface area contributed by atoms with Gasteiger partial charge in [0.15, 0.2) is 0 Å². The molecule has 3 heteroatoms. The van der Waals surface area contributed by atoms with E-state index in [9.17, 15) is 5.11 Å². The van der Waals surface area contributed by atoms with Gasteiger partial charge in [-0.1, -0.05) is 32.4 Å². The summed E-state index contributed by atoms with van der Waals surface area (Å²) in [5, 5.41) is 10.7. The Balaban J connectivity index is 3.28. The van der Waals surface area contributed by atoms with Gasteiger partial charge in [0.1, 0.15) is 5.75 Å². The fourth-order valence-electron chi connectivity index (χ4n) is 1.58. The van der Waals surface area contributed by atoms with Gasteiger partial charge in [-0.05, 0) is 30.0 Å². The van der Waals surface area contributed by atoms with Crippen molar-refractivity contribution < 1.29 is 5.11 Å². The van der Waals surface area contributed by atoms with E-state index in [-0.39, 0.29) is 12.0 Å². The number of aromatic hydroxyl groups is 1. The van der Waals surface area contributed by atoms with E-state index < -0.39 is 0 Å². The highest BCUT2D eigenvalue weighted by Crippen LogP contribution is 2.35. The van der Waals surface area contributed by atoms with Gasteiger partial charge < -0.3 is 10.8 Å². The van der Waals surface area contributed by atoms with Crippen molar-refractivity contribution in [2.45, 2.75) is 39.2 Å². The van der Waals surface area contributed by atoms with Crippen LogP contribution in [0.5, 0.6) is 5.75 Å². The van der Waals surface area contributed by atoms with Gasteiger partial charge in [-0.15, -0.1) is 0 Å². The summed E-state index contributed by atoms with van der Waals surface area (Å²) in [7, 11) is 0. The Kier molecular flexibility index (Phi) is 4.00. The normalized spacial score (nSPS) is 13.2. The second-order valence-electron chi connectivity index (χ2n) is 4.10. The minimum Gasteiger partial charge on any atom is -0.507 e. The summed E-state index contributed by atoms with van der Waals surface area (Å²) in [4.78, 5) is 0. The number of halogens is 1. The molecular weight excluding hydrogens is 210 g/mol. The van der Waals surface area contributed by atoms with Gasteiger partial charge in [-0.3, -0.25) is 0 Å². The van der Waals surface area contributed by atoms with E-state index in [1.54, 1.807) is 12.1 Å². The van der Waals surface area contributed by atoms with Crippen molar-refractivity contribution in [1.82, 2.24) is 0 Å². The molecule has 1 unspecified atom stereocenters. The fourth-order valence-corrected chi connectivity index (χ4v) is 1.82. The van der Waals surface area contributed by atoms with E-state index in [0.717, 1.165) is 17.5 Å². The van der Waals surface area contributed by atoms with Gasteiger partial charge in [0.2, 0.25) is 0 Å². The average Bonchev–Trinajstić information content (AvgIpc) is 2.19. The number of hydrogen-bond acceptors (Lipinski definition) is 2. The molecule has 1 atom stereocenters. The zero-order valence-electron chi connectivity index (χ0n) is 9.42. The van der Waals surface area contributed by atoms with Crippen LogP contribution in [0.1, 0.15) is 50.3 Å². The van der Waals surface area contributed by atoms with E-state index in [1.165, 1.54) is 0 Å². The van der Waals surface area contributed by atoms with Gasteiger partial charge >= 0.3 is 0 Å². The van der Waals surface area contributed by atoms with Crippen LogP contribution in [0.3, 0.4) is 0 Å². The van der Waals surface area contributed by atoms with Crippen molar-refractivity contribution in [1.29, 1.82) is 0 Å². The van der Waals surface area contributed by atoms with Crippen LogP contribution in [0.2, 0.25) is 5.02 Å². The summed E-state index contributed by atoms with van der Waals surface area (Å²) in [6.45, 7) is 6.03. The molecule has 0 aromatic heterocycles. The van der Waals surface area contributed by atoms with Crippen molar-refractivity contribution in [2.24, 2.45) is 5.73 Å². The number of benzene rings is 1. The molecule has 0 fully saturated rings. The van der Waals surface area contributed by atoms with E-state index in [4.69, 9.17) is 17.3 Å². The summed E-state index contributed by atoms with van der Waals surface area (Å²) >= 11 is 6.00.